The maximum atomic E-state index is 12.6. The summed E-state index contributed by atoms with van der Waals surface area (Å²) in [4.78, 5) is 14.9. The number of hydrazone groups is 1. The molecule has 1 saturated heterocycles. The molecular formula is C24H30N4O4. The van der Waals surface area contributed by atoms with Crippen LogP contribution in [0.2, 0.25) is 0 Å². The zero-order chi connectivity index (χ0) is 22.8. The summed E-state index contributed by atoms with van der Waals surface area (Å²) in [6.07, 6.45) is 0.929. The fraction of sp³-hybridized carbons (Fsp3) is 0.417. The Morgan fingerprint density at radius 3 is 2.31 bits per heavy atom. The number of fused-ring (bicyclic) bond motifs is 1. The Kier molecular flexibility index (Phi) is 6.23. The number of benzene rings is 2. The Morgan fingerprint density at radius 1 is 1.06 bits per heavy atom. The standard InChI is InChI=1S/C24H30N4O4/c1-15-10-17-11-21(31-4)22(32-5)12-20(17)23(26-28(15)24(29)25-2)16-6-8-18(9-7-16)27-13-19(14-27)30-3/h6-9,11-12,15,19H,10,13-14H2,1-5H3,(H,25,29). The van der Waals surface area contributed by atoms with Crippen molar-refractivity contribution in [3.63, 3.8) is 0 Å². The van der Waals surface area contributed by atoms with Gasteiger partial charge in [-0.25, -0.2) is 9.80 Å². The Bertz CT molecular complexity index is 1020. The molecule has 0 aliphatic carbocycles. The van der Waals surface area contributed by atoms with Crippen LogP contribution < -0.4 is 19.7 Å². The highest BCUT2D eigenvalue weighted by molar-refractivity contribution is 6.14. The van der Waals surface area contributed by atoms with E-state index < -0.39 is 0 Å². The molecule has 4 rings (SSSR count). The van der Waals surface area contributed by atoms with Crippen molar-refractivity contribution in [2.45, 2.75) is 25.5 Å². The van der Waals surface area contributed by atoms with Crippen LogP contribution in [-0.4, -0.2) is 70.4 Å². The molecule has 0 radical (unpaired) electrons. The number of amides is 2. The van der Waals surface area contributed by atoms with E-state index in [-0.39, 0.29) is 18.2 Å². The van der Waals surface area contributed by atoms with E-state index >= 15 is 0 Å². The van der Waals surface area contributed by atoms with Crippen molar-refractivity contribution < 1.29 is 19.0 Å². The molecular weight excluding hydrogens is 408 g/mol. The minimum absolute atomic E-state index is 0.129. The summed E-state index contributed by atoms with van der Waals surface area (Å²) in [6, 6.07) is 11.8. The molecule has 8 heteroatoms. The predicted molar refractivity (Wildman–Crippen MR) is 124 cm³/mol. The summed E-state index contributed by atoms with van der Waals surface area (Å²) >= 11 is 0. The highest BCUT2D eigenvalue weighted by Gasteiger charge is 2.29. The van der Waals surface area contributed by atoms with Crippen molar-refractivity contribution in [3.8, 4) is 11.5 Å². The van der Waals surface area contributed by atoms with Crippen LogP contribution in [0.4, 0.5) is 10.5 Å². The number of urea groups is 1. The quantitative estimate of drug-likeness (QED) is 0.777. The first-order valence-electron chi connectivity index (χ1n) is 10.7. The fourth-order valence-corrected chi connectivity index (χ4v) is 4.18. The van der Waals surface area contributed by atoms with Crippen molar-refractivity contribution in [1.29, 1.82) is 0 Å². The molecule has 32 heavy (non-hydrogen) atoms. The molecule has 1 fully saturated rings. The minimum atomic E-state index is -0.246. The average Bonchev–Trinajstić information content (AvgIpc) is 2.93. The van der Waals surface area contributed by atoms with E-state index in [1.807, 2.05) is 31.2 Å². The number of carbonyl (C=O) groups is 1. The summed E-state index contributed by atoms with van der Waals surface area (Å²) in [5.74, 6) is 1.29. The van der Waals surface area contributed by atoms with Crippen molar-refractivity contribution in [2.24, 2.45) is 5.10 Å². The number of anilines is 1. The molecule has 0 aromatic heterocycles. The van der Waals surface area contributed by atoms with E-state index in [1.54, 1.807) is 28.4 Å². The van der Waals surface area contributed by atoms with Crippen LogP contribution in [0.5, 0.6) is 11.5 Å². The van der Waals surface area contributed by atoms with Crippen LogP contribution in [0.1, 0.15) is 23.6 Å². The van der Waals surface area contributed by atoms with Gasteiger partial charge < -0.3 is 24.4 Å². The lowest BCUT2D eigenvalue weighted by Gasteiger charge is -2.40. The summed E-state index contributed by atoms with van der Waals surface area (Å²) in [5.41, 5.74) is 4.76. The Hall–Kier alpha value is -3.26. The molecule has 2 aliphatic heterocycles. The van der Waals surface area contributed by atoms with E-state index in [0.717, 1.165) is 41.2 Å². The molecule has 8 nitrogen and oxygen atoms in total. The topological polar surface area (TPSA) is 75.6 Å². The van der Waals surface area contributed by atoms with Crippen molar-refractivity contribution in [3.05, 3.63) is 53.1 Å². The lowest BCUT2D eigenvalue weighted by Crippen LogP contribution is -2.51. The van der Waals surface area contributed by atoms with Gasteiger partial charge in [0.05, 0.1) is 32.1 Å². The third-order valence-electron chi connectivity index (χ3n) is 6.11. The predicted octanol–water partition coefficient (Wildman–Crippen LogP) is 2.88. The molecule has 0 saturated carbocycles. The number of nitrogens with one attached hydrogen (secondary N) is 1. The first-order valence-corrected chi connectivity index (χ1v) is 10.7. The lowest BCUT2D eigenvalue weighted by molar-refractivity contribution is 0.0788. The highest BCUT2D eigenvalue weighted by atomic mass is 16.5. The number of rotatable bonds is 5. The number of hydrogen-bond acceptors (Lipinski definition) is 6. The largest absolute Gasteiger partial charge is 0.493 e. The first-order chi connectivity index (χ1) is 15.5. The minimum Gasteiger partial charge on any atom is -0.493 e. The zero-order valence-electron chi connectivity index (χ0n) is 19.2. The molecule has 0 bridgehead atoms. The van der Waals surface area contributed by atoms with Gasteiger partial charge in [0, 0.05) is 44.1 Å². The third kappa shape index (κ3) is 3.98. The second-order valence-corrected chi connectivity index (χ2v) is 8.08. The van der Waals surface area contributed by atoms with Crippen LogP contribution in [0.25, 0.3) is 0 Å². The van der Waals surface area contributed by atoms with Gasteiger partial charge in [0.2, 0.25) is 0 Å². The maximum Gasteiger partial charge on any atom is 0.337 e. The smallest absolute Gasteiger partial charge is 0.337 e. The van der Waals surface area contributed by atoms with Gasteiger partial charge in [0.25, 0.3) is 0 Å². The van der Waals surface area contributed by atoms with Gasteiger partial charge in [-0.05, 0) is 43.2 Å². The third-order valence-corrected chi connectivity index (χ3v) is 6.11. The van der Waals surface area contributed by atoms with Gasteiger partial charge in [0.15, 0.2) is 11.5 Å². The van der Waals surface area contributed by atoms with Crippen LogP contribution in [0.15, 0.2) is 41.5 Å². The first kappa shape index (κ1) is 22.0. The van der Waals surface area contributed by atoms with Crippen LogP contribution in [0, 0.1) is 0 Å². The monoisotopic (exact) mass is 438 g/mol. The lowest BCUT2D eigenvalue weighted by atomic mass is 9.93. The number of hydrogen-bond donors (Lipinski definition) is 1. The van der Waals surface area contributed by atoms with Gasteiger partial charge >= 0.3 is 6.03 Å². The Balaban J connectivity index is 1.77. The van der Waals surface area contributed by atoms with Gasteiger partial charge in [-0.2, -0.15) is 5.10 Å². The van der Waals surface area contributed by atoms with Crippen molar-refractivity contribution in [1.82, 2.24) is 10.3 Å². The summed E-state index contributed by atoms with van der Waals surface area (Å²) in [5, 5.41) is 9.02. The maximum absolute atomic E-state index is 12.6. The second kappa shape index (κ2) is 9.08. The highest BCUT2D eigenvalue weighted by Crippen LogP contribution is 2.35. The fourth-order valence-electron chi connectivity index (χ4n) is 4.18. The van der Waals surface area contributed by atoms with E-state index in [4.69, 9.17) is 19.3 Å². The SMILES string of the molecule is CNC(=O)N1N=C(c2ccc(N3CC(OC)C3)cc2)c2cc(OC)c(OC)cc2CC1C. The van der Waals surface area contributed by atoms with E-state index in [0.29, 0.717) is 17.9 Å². The molecule has 2 heterocycles. The number of ether oxygens (including phenoxy) is 3. The molecule has 2 aromatic rings. The summed E-state index contributed by atoms with van der Waals surface area (Å²) < 4.78 is 16.5. The number of nitrogens with zero attached hydrogens (tertiary/aromatic N) is 3. The summed E-state index contributed by atoms with van der Waals surface area (Å²) in [7, 11) is 6.60. The molecule has 1 unspecified atom stereocenters. The Morgan fingerprint density at radius 2 is 1.72 bits per heavy atom. The van der Waals surface area contributed by atoms with E-state index in [9.17, 15) is 4.79 Å². The van der Waals surface area contributed by atoms with Crippen LogP contribution in [0.3, 0.4) is 0 Å². The van der Waals surface area contributed by atoms with Gasteiger partial charge in [-0.15, -0.1) is 0 Å². The van der Waals surface area contributed by atoms with Crippen LogP contribution >= 0.6 is 0 Å². The molecule has 170 valence electrons. The zero-order valence-corrected chi connectivity index (χ0v) is 19.2. The molecule has 2 amide bonds. The molecule has 1 N–H and O–H groups in total. The van der Waals surface area contributed by atoms with E-state index in [1.165, 1.54) is 5.01 Å². The summed E-state index contributed by atoms with van der Waals surface area (Å²) in [6.45, 7) is 3.76. The van der Waals surface area contributed by atoms with Crippen LogP contribution in [-0.2, 0) is 11.2 Å². The normalized spacial score (nSPS) is 18.3. The van der Waals surface area contributed by atoms with Crippen molar-refractivity contribution in [2.75, 3.05) is 46.4 Å². The van der Waals surface area contributed by atoms with E-state index in [2.05, 4.69) is 22.3 Å². The Labute approximate surface area is 188 Å². The van der Waals surface area contributed by atoms with Crippen molar-refractivity contribution >= 4 is 17.4 Å². The second-order valence-electron chi connectivity index (χ2n) is 8.08. The van der Waals surface area contributed by atoms with Gasteiger partial charge in [-0.1, -0.05) is 12.1 Å². The number of methoxy groups -OCH3 is 3. The molecule has 0 spiro atoms. The van der Waals surface area contributed by atoms with Gasteiger partial charge in [0.1, 0.15) is 0 Å². The average molecular weight is 439 g/mol. The molecule has 2 aromatic carbocycles. The molecule has 2 aliphatic rings. The van der Waals surface area contributed by atoms with Gasteiger partial charge in [-0.3, -0.25) is 0 Å². The number of carbonyl (C=O) groups excluding carboxylic acids is 1. The molecule has 1 atom stereocenters.